The van der Waals surface area contributed by atoms with Gasteiger partial charge in [0, 0.05) is 22.5 Å². The molecular weight excluding hydrogens is 406 g/mol. The number of phenols is 2. The van der Waals surface area contributed by atoms with Gasteiger partial charge in [0.15, 0.2) is 11.5 Å². The SMILES string of the molecule is C/C(=C1\C(=O)N(c2cc(C)cc(C)c2)c2ccccc21)N(N)C(=O)c1ccc(O)c(O)c1. The molecule has 3 aromatic rings. The molecule has 7 heteroatoms. The third-order valence-electron chi connectivity index (χ3n) is 5.46. The number of carbonyl (C=O) groups is 2. The quantitative estimate of drug-likeness (QED) is 0.191. The molecule has 3 aromatic carbocycles. The molecule has 7 nitrogen and oxygen atoms in total. The lowest BCUT2D eigenvalue weighted by molar-refractivity contribution is -0.112. The number of hydrazine groups is 1. The van der Waals surface area contributed by atoms with Crippen molar-refractivity contribution in [2.24, 2.45) is 5.84 Å². The van der Waals surface area contributed by atoms with Gasteiger partial charge in [-0.15, -0.1) is 0 Å². The zero-order valence-corrected chi connectivity index (χ0v) is 18.0. The van der Waals surface area contributed by atoms with Crippen LogP contribution in [0.15, 0.2) is 66.4 Å². The lowest BCUT2D eigenvalue weighted by Crippen LogP contribution is -2.37. The number of amides is 2. The van der Waals surface area contributed by atoms with E-state index in [-0.39, 0.29) is 22.9 Å². The highest BCUT2D eigenvalue weighted by atomic mass is 16.3. The van der Waals surface area contributed by atoms with E-state index in [0.29, 0.717) is 16.8 Å². The van der Waals surface area contributed by atoms with Crippen molar-refractivity contribution in [3.63, 3.8) is 0 Å². The van der Waals surface area contributed by atoms with E-state index in [1.807, 2.05) is 56.3 Å². The van der Waals surface area contributed by atoms with Crippen LogP contribution >= 0.6 is 0 Å². The van der Waals surface area contributed by atoms with Crippen LogP contribution in [0.25, 0.3) is 5.57 Å². The summed E-state index contributed by atoms with van der Waals surface area (Å²) in [5.74, 6) is 4.44. The topological polar surface area (TPSA) is 107 Å². The zero-order chi connectivity index (χ0) is 23.2. The molecule has 4 rings (SSSR count). The van der Waals surface area contributed by atoms with Crippen LogP contribution in [-0.2, 0) is 4.79 Å². The van der Waals surface area contributed by atoms with Gasteiger partial charge in [-0.2, -0.15) is 0 Å². The van der Waals surface area contributed by atoms with Crippen molar-refractivity contribution in [1.82, 2.24) is 5.01 Å². The molecule has 0 spiro atoms. The molecule has 2 amide bonds. The fourth-order valence-electron chi connectivity index (χ4n) is 3.97. The van der Waals surface area contributed by atoms with Crippen molar-refractivity contribution in [1.29, 1.82) is 0 Å². The minimum atomic E-state index is -0.625. The van der Waals surface area contributed by atoms with Crippen molar-refractivity contribution in [3.8, 4) is 11.5 Å². The predicted molar refractivity (Wildman–Crippen MR) is 122 cm³/mol. The highest BCUT2D eigenvalue weighted by Gasteiger charge is 2.36. The number of aryl methyl sites for hydroxylation is 2. The number of para-hydroxylation sites is 1. The number of nitrogens with two attached hydrogens (primary N) is 1. The Labute approximate surface area is 185 Å². The fraction of sp³-hybridized carbons (Fsp3) is 0.120. The van der Waals surface area contributed by atoms with Crippen LogP contribution in [-0.4, -0.2) is 27.0 Å². The Morgan fingerprint density at radius 3 is 2.25 bits per heavy atom. The van der Waals surface area contributed by atoms with E-state index in [2.05, 4.69) is 0 Å². The van der Waals surface area contributed by atoms with Crippen LogP contribution in [0.2, 0.25) is 0 Å². The van der Waals surface area contributed by atoms with Crippen LogP contribution in [0, 0.1) is 13.8 Å². The van der Waals surface area contributed by atoms with Crippen molar-refractivity contribution in [3.05, 3.63) is 88.6 Å². The first-order valence-electron chi connectivity index (χ1n) is 10.0. The Bertz CT molecular complexity index is 1280. The normalized spacial score (nSPS) is 14.4. The molecule has 1 aliphatic heterocycles. The summed E-state index contributed by atoms with van der Waals surface area (Å²) in [7, 11) is 0. The molecule has 4 N–H and O–H groups in total. The van der Waals surface area contributed by atoms with Crippen LogP contribution < -0.4 is 10.7 Å². The van der Waals surface area contributed by atoms with E-state index in [4.69, 9.17) is 5.84 Å². The number of hydrogen-bond acceptors (Lipinski definition) is 5. The number of benzene rings is 3. The number of allylic oxidation sites excluding steroid dienone is 1. The van der Waals surface area contributed by atoms with Gasteiger partial charge in [0.1, 0.15) is 0 Å². The van der Waals surface area contributed by atoms with Crippen LogP contribution in [0.4, 0.5) is 11.4 Å². The molecule has 32 heavy (non-hydrogen) atoms. The molecule has 0 aromatic heterocycles. The molecule has 0 fully saturated rings. The number of phenolic OH excluding ortho intramolecular Hbond substituents is 2. The summed E-state index contributed by atoms with van der Waals surface area (Å²) >= 11 is 0. The first-order chi connectivity index (χ1) is 15.2. The monoisotopic (exact) mass is 429 g/mol. The van der Waals surface area contributed by atoms with Gasteiger partial charge in [-0.25, -0.2) is 10.9 Å². The summed E-state index contributed by atoms with van der Waals surface area (Å²) in [5, 5.41) is 20.1. The zero-order valence-electron chi connectivity index (χ0n) is 18.0. The first kappa shape index (κ1) is 21.1. The van der Waals surface area contributed by atoms with E-state index in [9.17, 15) is 19.8 Å². The second-order valence-electron chi connectivity index (χ2n) is 7.84. The smallest absolute Gasteiger partial charge is 0.272 e. The third kappa shape index (κ3) is 3.48. The van der Waals surface area contributed by atoms with Gasteiger partial charge >= 0.3 is 0 Å². The predicted octanol–water partition coefficient (Wildman–Crippen LogP) is 4.14. The summed E-state index contributed by atoms with van der Waals surface area (Å²) in [5.41, 5.74) is 4.84. The van der Waals surface area contributed by atoms with Gasteiger partial charge in [-0.3, -0.25) is 14.5 Å². The average Bonchev–Trinajstić information content (AvgIpc) is 3.05. The number of anilines is 2. The third-order valence-corrected chi connectivity index (χ3v) is 5.46. The number of nitrogens with zero attached hydrogens (tertiary/aromatic N) is 2. The second kappa shape index (κ2) is 7.86. The summed E-state index contributed by atoms with van der Waals surface area (Å²) < 4.78 is 0. The fourth-order valence-corrected chi connectivity index (χ4v) is 3.97. The van der Waals surface area contributed by atoms with E-state index in [1.165, 1.54) is 12.1 Å². The van der Waals surface area contributed by atoms with Gasteiger partial charge in [0.2, 0.25) is 0 Å². The molecule has 0 atom stereocenters. The molecule has 0 bridgehead atoms. The van der Waals surface area contributed by atoms with Gasteiger partial charge < -0.3 is 10.2 Å². The molecule has 0 saturated heterocycles. The molecule has 1 heterocycles. The Morgan fingerprint density at radius 1 is 0.938 bits per heavy atom. The molecule has 0 aliphatic carbocycles. The van der Waals surface area contributed by atoms with Gasteiger partial charge in [-0.1, -0.05) is 24.3 Å². The Balaban J connectivity index is 1.80. The number of hydrogen-bond donors (Lipinski definition) is 3. The molecule has 0 radical (unpaired) electrons. The van der Waals surface area contributed by atoms with E-state index < -0.39 is 11.7 Å². The van der Waals surface area contributed by atoms with E-state index in [1.54, 1.807) is 11.8 Å². The largest absolute Gasteiger partial charge is 0.504 e. The van der Waals surface area contributed by atoms with E-state index in [0.717, 1.165) is 27.9 Å². The number of rotatable bonds is 3. The Morgan fingerprint density at radius 2 is 1.59 bits per heavy atom. The maximum Gasteiger partial charge on any atom is 0.272 e. The lowest BCUT2D eigenvalue weighted by atomic mass is 10.0. The van der Waals surface area contributed by atoms with Crippen molar-refractivity contribution < 1.29 is 19.8 Å². The van der Waals surface area contributed by atoms with Crippen molar-refractivity contribution in [2.45, 2.75) is 20.8 Å². The number of carbonyl (C=O) groups excluding carboxylic acids is 2. The van der Waals surface area contributed by atoms with Gasteiger partial charge in [0.25, 0.3) is 11.8 Å². The number of fused-ring (bicyclic) bond motifs is 1. The maximum atomic E-state index is 13.6. The van der Waals surface area contributed by atoms with Crippen LogP contribution in [0.3, 0.4) is 0 Å². The summed E-state index contributed by atoms with van der Waals surface area (Å²) in [4.78, 5) is 28.1. The maximum absolute atomic E-state index is 13.6. The molecule has 0 saturated carbocycles. The molecule has 162 valence electrons. The van der Waals surface area contributed by atoms with Crippen molar-refractivity contribution >= 4 is 28.8 Å². The van der Waals surface area contributed by atoms with Gasteiger partial charge in [-0.05, 0) is 68.3 Å². The van der Waals surface area contributed by atoms with Crippen LogP contribution in [0.1, 0.15) is 34.0 Å². The van der Waals surface area contributed by atoms with Gasteiger partial charge in [0.05, 0.1) is 11.3 Å². The summed E-state index contributed by atoms with van der Waals surface area (Å²) in [6.45, 7) is 5.55. The summed E-state index contributed by atoms with van der Waals surface area (Å²) in [6, 6.07) is 16.9. The van der Waals surface area contributed by atoms with Crippen molar-refractivity contribution in [2.75, 3.05) is 4.90 Å². The Hall–Kier alpha value is -4.10. The molecular formula is C25H23N3O4. The average molecular weight is 429 g/mol. The lowest BCUT2D eigenvalue weighted by Gasteiger charge is -2.21. The minimum absolute atomic E-state index is 0.0765. The van der Waals surface area contributed by atoms with Crippen LogP contribution in [0.5, 0.6) is 11.5 Å². The first-order valence-corrected chi connectivity index (χ1v) is 10.0. The second-order valence-corrected chi connectivity index (χ2v) is 7.84. The highest BCUT2D eigenvalue weighted by Crippen LogP contribution is 2.43. The number of aromatic hydroxyl groups is 2. The standard InChI is InChI=1S/C25H23N3O4/c1-14-10-15(2)12-18(11-14)27-20-7-5-4-6-19(20)23(25(27)32)16(3)28(26)24(31)17-8-9-21(29)22(30)13-17/h4-13,29-30H,26H2,1-3H3/b23-16+. The Kier molecular flexibility index (Phi) is 5.20. The summed E-state index contributed by atoms with van der Waals surface area (Å²) in [6.07, 6.45) is 0. The van der Waals surface area contributed by atoms with E-state index >= 15 is 0 Å². The molecule has 1 aliphatic rings. The minimum Gasteiger partial charge on any atom is -0.504 e. The highest BCUT2D eigenvalue weighted by molar-refractivity contribution is 6.35. The molecule has 0 unspecified atom stereocenters.